The van der Waals surface area contributed by atoms with Gasteiger partial charge in [0.1, 0.15) is 11.5 Å². The van der Waals surface area contributed by atoms with E-state index in [1.165, 1.54) is 37.5 Å². The number of rotatable bonds is 8. The normalized spacial score (nSPS) is 14.1. The molecular formula is C27H23BrFN3O5. The number of urea groups is 1. The van der Waals surface area contributed by atoms with Crippen LogP contribution in [-0.2, 0) is 16.1 Å². The number of nitrogens with zero attached hydrogens (tertiary/aromatic N) is 1. The molecule has 1 aliphatic heterocycles. The predicted octanol–water partition coefficient (Wildman–Crippen LogP) is 5.02. The third kappa shape index (κ3) is 6.34. The second-order valence-corrected chi connectivity index (χ2v) is 9.10. The van der Waals surface area contributed by atoms with Crippen LogP contribution in [0.25, 0.3) is 6.08 Å². The standard InChI is InChI=1S/C27H23BrFN3O5/c1-16-4-3-5-17(10-16)14-32-26(34)22(31-27(32)35)12-18-11-21(28)25(23(13-18)36-2)37-15-24(33)30-20-8-6-19(29)7-9-20/h3-13H,14-15H2,1-2H3,(H,30,33)(H,31,35)/b22-12+. The van der Waals surface area contributed by atoms with Crippen molar-refractivity contribution in [3.8, 4) is 11.5 Å². The van der Waals surface area contributed by atoms with Crippen LogP contribution < -0.4 is 20.1 Å². The molecule has 1 saturated heterocycles. The first-order valence-electron chi connectivity index (χ1n) is 11.2. The van der Waals surface area contributed by atoms with Gasteiger partial charge in [0, 0.05) is 5.69 Å². The zero-order valence-corrected chi connectivity index (χ0v) is 21.6. The largest absolute Gasteiger partial charge is 0.493 e. The van der Waals surface area contributed by atoms with Crippen molar-refractivity contribution >= 4 is 45.5 Å². The second kappa shape index (κ2) is 11.3. The molecule has 0 aliphatic carbocycles. The maximum atomic E-state index is 13.0. The lowest BCUT2D eigenvalue weighted by Crippen LogP contribution is -2.30. The Kier molecular flexibility index (Phi) is 7.88. The molecule has 3 aromatic carbocycles. The fourth-order valence-corrected chi connectivity index (χ4v) is 4.28. The smallest absolute Gasteiger partial charge is 0.329 e. The molecule has 1 aliphatic rings. The SMILES string of the molecule is COc1cc(/C=C2/NC(=O)N(Cc3cccc(C)c3)C2=O)cc(Br)c1OCC(=O)Nc1ccc(F)cc1. The average molecular weight is 568 g/mol. The Morgan fingerprint density at radius 1 is 1.14 bits per heavy atom. The van der Waals surface area contributed by atoms with Gasteiger partial charge in [0.15, 0.2) is 18.1 Å². The van der Waals surface area contributed by atoms with E-state index in [1.807, 2.05) is 31.2 Å². The minimum absolute atomic E-state index is 0.124. The van der Waals surface area contributed by atoms with Crippen LogP contribution in [0.5, 0.6) is 11.5 Å². The number of methoxy groups -OCH3 is 1. The van der Waals surface area contributed by atoms with E-state index < -0.39 is 23.7 Å². The summed E-state index contributed by atoms with van der Waals surface area (Å²) in [6.07, 6.45) is 1.54. The quantitative estimate of drug-likeness (QED) is 0.294. The van der Waals surface area contributed by atoms with Crippen molar-refractivity contribution < 1.29 is 28.2 Å². The summed E-state index contributed by atoms with van der Waals surface area (Å²) < 4.78 is 24.6. The first kappa shape index (κ1) is 25.9. The Balaban J connectivity index is 1.46. The third-order valence-electron chi connectivity index (χ3n) is 5.42. The summed E-state index contributed by atoms with van der Waals surface area (Å²) in [7, 11) is 1.44. The van der Waals surface area contributed by atoms with Crippen molar-refractivity contribution in [3.63, 3.8) is 0 Å². The molecule has 0 bridgehead atoms. The Bertz CT molecular complexity index is 1390. The number of hydrogen-bond donors (Lipinski definition) is 2. The number of imide groups is 1. The van der Waals surface area contributed by atoms with Crippen LogP contribution in [-0.4, -0.2) is 36.5 Å². The number of amides is 4. The summed E-state index contributed by atoms with van der Waals surface area (Å²) in [4.78, 5) is 38.8. The average Bonchev–Trinajstić information content (AvgIpc) is 3.11. The zero-order chi connectivity index (χ0) is 26.5. The van der Waals surface area contributed by atoms with Crippen molar-refractivity contribution in [3.05, 3.63) is 93.3 Å². The van der Waals surface area contributed by atoms with Gasteiger partial charge in [-0.25, -0.2) is 9.18 Å². The highest BCUT2D eigenvalue weighted by Gasteiger charge is 2.33. The van der Waals surface area contributed by atoms with Crippen molar-refractivity contribution in [2.75, 3.05) is 19.0 Å². The van der Waals surface area contributed by atoms with Gasteiger partial charge < -0.3 is 20.1 Å². The van der Waals surface area contributed by atoms with Crippen molar-refractivity contribution in [2.24, 2.45) is 0 Å². The number of hydrogen-bond acceptors (Lipinski definition) is 5. The Morgan fingerprint density at radius 3 is 2.59 bits per heavy atom. The van der Waals surface area contributed by atoms with Gasteiger partial charge in [-0.15, -0.1) is 0 Å². The molecule has 0 saturated carbocycles. The van der Waals surface area contributed by atoms with Gasteiger partial charge in [-0.2, -0.15) is 0 Å². The molecule has 0 spiro atoms. The Hall–Kier alpha value is -4.18. The summed E-state index contributed by atoms with van der Waals surface area (Å²) in [6.45, 7) is 1.77. The number of ether oxygens (including phenoxy) is 2. The summed E-state index contributed by atoms with van der Waals surface area (Å²) >= 11 is 3.41. The molecule has 4 rings (SSSR count). The van der Waals surface area contributed by atoms with Gasteiger partial charge in [-0.1, -0.05) is 29.8 Å². The van der Waals surface area contributed by atoms with Crippen LogP contribution >= 0.6 is 15.9 Å². The first-order valence-corrected chi connectivity index (χ1v) is 12.0. The number of aryl methyl sites for hydroxylation is 1. The molecular weight excluding hydrogens is 545 g/mol. The highest BCUT2D eigenvalue weighted by molar-refractivity contribution is 9.10. The van der Waals surface area contributed by atoms with Crippen LogP contribution in [0.4, 0.5) is 14.9 Å². The molecule has 3 aromatic rings. The summed E-state index contributed by atoms with van der Waals surface area (Å²) in [5.74, 6) is -0.708. The van der Waals surface area contributed by atoms with Gasteiger partial charge in [0.25, 0.3) is 11.8 Å². The van der Waals surface area contributed by atoms with Crippen molar-refractivity contribution in [1.82, 2.24) is 10.2 Å². The molecule has 8 nitrogen and oxygen atoms in total. The Labute approximate surface area is 221 Å². The number of benzene rings is 3. The van der Waals surface area contributed by atoms with Gasteiger partial charge in [0.2, 0.25) is 0 Å². The fourth-order valence-electron chi connectivity index (χ4n) is 3.71. The minimum atomic E-state index is -0.504. The highest BCUT2D eigenvalue weighted by Crippen LogP contribution is 2.37. The van der Waals surface area contributed by atoms with E-state index in [-0.39, 0.29) is 24.6 Å². The maximum absolute atomic E-state index is 13.0. The zero-order valence-electron chi connectivity index (χ0n) is 20.0. The number of anilines is 1. The third-order valence-corrected chi connectivity index (χ3v) is 6.01. The maximum Gasteiger partial charge on any atom is 0.329 e. The highest BCUT2D eigenvalue weighted by atomic mass is 79.9. The van der Waals surface area contributed by atoms with Gasteiger partial charge in [-0.3, -0.25) is 14.5 Å². The molecule has 0 atom stereocenters. The van der Waals surface area contributed by atoms with Gasteiger partial charge in [-0.05, 0) is 76.5 Å². The lowest BCUT2D eigenvalue weighted by molar-refractivity contribution is -0.123. The molecule has 2 N–H and O–H groups in total. The number of halogens is 2. The lowest BCUT2D eigenvalue weighted by Gasteiger charge is -2.14. The van der Waals surface area contributed by atoms with E-state index in [2.05, 4.69) is 26.6 Å². The molecule has 4 amide bonds. The number of carbonyl (C=O) groups excluding carboxylic acids is 3. The van der Waals surface area contributed by atoms with Gasteiger partial charge >= 0.3 is 6.03 Å². The fraction of sp³-hybridized carbons (Fsp3) is 0.148. The van der Waals surface area contributed by atoms with Crippen molar-refractivity contribution in [1.29, 1.82) is 0 Å². The van der Waals surface area contributed by atoms with Crippen LogP contribution in [0.15, 0.2) is 70.8 Å². The van der Waals surface area contributed by atoms with E-state index >= 15 is 0 Å². The minimum Gasteiger partial charge on any atom is -0.493 e. The molecule has 1 fully saturated rings. The molecule has 37 heavy (non-hydrogen) atoms. The monoisotopic (exact) mass is 567 g/mol. The van der Waals surface area contributed by atoms with E-state index in [1.54, 1.807) is 12.1 Å². The molecule has 1 heterocycles. The summed E-state index contributed by atoms with van der Waals surface area (Å²) in [5.41, 5.74) is 3.00. The predicted molar refractivity (Wildman–Crippen MR) is 139 cm³/mol. The number of nitrogens with one attached hydrogen (secondary N) is 2. The van der Waals surface area contributed by atoms with E-state index in [4.69, 9.17) is 9.47 Å². The molecule has 190 valence electrons. The summed E-state index contributed by atoms with van der Waals surface area (Å²) in [6, 6.07) is 15.7. The molecule has 0 radical (unpaired) electrons. The second-order valence-electron chi connectivity index (χ2n) is 8.25. The van der Waals surface area contributed by atoms with E-state index in [0.717, 1.165) is 16.0 Å². The van der Waals surface area contributed by atoms with Gasteiger partial charge in [0.05, 0.1) is 18.1 Å². The van der Waals surface area contributed by atoms with E-state index in [0.29, 0.717) is 21.5 Å². The molecule has 0 unspecified atom stereocenters. The first-order chi connectivity index (χ1) is 17.7. The lowest BCUT2D eigenvalue weighted by atomic mass is 10.1. The van der Waals surface area contributed by atoms with Crippen molar-refractivity contribution in [2.45, 2.75) is 13.5 Å². The molecule has 0 aromatic heterocycles. The Morgan fingerprint density at radius 2 is 1.89 bits per heavy atom. The molecule has 10 heteroatoms. The summed E-state index contributed by atoms with van der Waals surface area (Å²) in [5, 5.41) is 5.22. The van der Waals surface area contributed by atoms with Crippen LogP contribution in [0.3, 0.4) is 0 Å². The van der Waals surface area contributed by atoms with Crippen LogP contribution in [0, 0.1) is 12.7 Å². The van der Waals surface area contributed by atoms with E-state index in [9.17, 15) is 18.8 Å². The van der Waals surface area contributed by atoms with Crippen LogP contribution in [0.1, 0.15) is 16.7 Å². The number of carbonyl (C=O) groups is 3. The topological polar surface area (TPSA) is 97.0 Å². The van der Waals surface area contributed by atoms with Crippen LogP contribution in [0.2, 0.25) is 0 Å².